The van der Waals surface area contributed by atoms with Gasteiger partial charge in [0.05, 0.1) is 5.02 Å². The fourth-order valence-corrected chi connectivity index (χ4v) is 2.42. The molecule has 1 aromatic heterocycles. The summed E-state index contributed by atoms with van der Waals surface area (Å²) in [7, 11) is 0. The van der Waals surface area contributed by atoms with Crippen LogP contribution >= 0.6 is 23.2 Å². The van der Waals surface area contributed by atoms with E-state index < -0.39 is 0 Å². The first-order valence-electron chi connectivity index (χ1n) is 7.04. The van der Waals surface area contributed by atoms with E-state index in [1.54, 1.807) is 24.3 Å². The third-order valence-corrected chi connectivity index (χ3v) is 3.84. The van der Waals surface area contributed by atoms with E-state index in [4.69, 9.17) is 38.1 Å². The smallest absolute Gasteiger partial charge is 0.313 e. The second-order valence-corrected chi connectivity index (χ2v) is 5.70. The van der Waals surface area contributed by atoms with Crippen molar-refractivity contribution >= 4 is 41.4 Å². The maximum Gasteiger partial charge on any atom is 0.313 e. The Bertz CT molecular complexity index is 878. The second-order valence-electron chi connectivity index (χ2n) is 4.88. The van der Waals surface area contributed by atoms with Crippen LogP contribution in [0.4, 0.5) is 6.01 Å². The molecule has 0 radical (unpaired) electrons. The third-order valence-electron chi connectivity index (χ3n) is 3.17. The van der Waals surface area contributed by atoms with Crippen molar-refractivity contribution < 1.29 is 9.15 Å². The standard InChI is InChI=1S/C17H13Cl2N3O2/c18-13-4-2-1-3-12(13)10-23-15-7-5-11(9-14(15)19)6-8-16-21-22-17(20)24-16/h1-9H,10H2,(H2,20,22)/b8-6+. The summed E-state index contributed by atoms with van der Waals surface area (Å²) in [4.78, 5) is 0. The summed E-state index contributed by atoms with van der Waals surface area (Å²) >= 11 is 12.4. The topological polar surface area (TPSA) is 74.2 Å². The van der Waals surface area contributed by atoms with Gasteiger partial charge in [-0.05, 0) is 29.8 Å². The number of nitrogens with two attached hydrogens (primary N) is 1. The van der Waals surface area contributed by atoms with Crippen LogP contribution in [0.1, 0.15) is 17.0 Å². The minimum absolute atomic E-state index is 0.0241. The lowest BCUT2D eigenvalue weighted by atomic mass is 10.2. The summed E-state index contributed by atoms with van der Waals surface area (Å²) in [6.45, 7) is 0.343. The Morgan fingerprint density at radius 3 is 2.58 bits per heavy atom. The van der Waals surface area contributed by atoms with Crippen molar-refractivity contribution in [2.45, 2.75) is 6.61 Å². The molecular weight excluding hydrogens is 349 g/mol. The lowest BCUT2D eigenvalue weighted by molar-refractivity contribution is 0.306. The average molecular weight is 362 g/mol. The molecule has 0 saturated heterocycles. The van der Waals surface area contributed by atoms with E-state index in [9.17, 15) is 0 Å². The van der Waals surface area contributed by atoms with Gasteiger partial charge in [0.1, 0.15) is 12.4 Å². The van der Waals surface area contributed by atoms with Gasteiger partial charge in [0.2, 0.25) is 5.89 Å². The number of aromatic nitrogens is 2. The number of hydrogen-bond acceptors (Lipinski definition) is 5. The molecule has 5 nitrogen and oxygen atoms in total. The molecule has 7 heteroatoms. The fraction of sp³-hybridized carbons (Fsp3) is 0.0588. The highest BCUT2D eigenvalue weighted by atomic mass is 35.5. The molecule has 3 rings (SSSR count). The van der Waals surface area contributed by atoms with E-state index in [0.29, 0.717) is 28.3 Å². The number of benzene rings is 2. The Kier molecular flexibility index (Phi) is 5.03. The maximum absolute atomic E-state index is 6.26. The first-order chi connectivity index (χ1) is 11.6. The molecule has 0 unspecified atom stereocenters. The number of halogens is 2. The van der Waals surface area contributed by atoms with Gasteiger partial charge in [-0.3, -0.25) is 0 Å². The number of anilines is 1. The molecule has 24 heavy (non-hydrogen) atoms. The largest absolute Gasteiger partial charge is 0.487 e. The maximum atomic E-state index is 6.26. The van der Waals surface area contributed by atoms with Gasteiger partial charge < -0.3 is 14.9 Å². The highest BCUT2D eigenvalue weighted by Crippen LogP contribution is 2.28. The Morgan fingerprint density at radius 1 is 1.04 bits per heavy atom. The van der Waals surface area contributed by atoms with Gasteiger partial charge >= 0.3 is 6.01 Å². The van der Waals surface area contributed by atoms with Crippen molar-refractivity contribution in [2.75, 3.05) is 5.73 Å². The zero-order valence-corrected chi connectivity index (χ0v) is 14.0. The van der Waals surface area contributed by atoms with Crippen molar-refractivity contribution in [1.82, 2.24) is 10.2 Å². The van der Waals surface area contributed by atoms with E-state index in [1.165, 1.54) is 0 Å². The van der Waals surface area contributed by atoms with Gasteiger partial charge in [-0.25, -0.2) is 0 Å². The van der Waals surface area contributed by atoms with Crippen LogP contribution in [-0.4, -0.2) is 10.2 Å². The summed E-state index contributed by atoms with van der Waals surface area (Å²) in [6.07, 6.45) is 3.44. The lowest BCUT2D eigenvalue weighted by Gasteiger charge is -2.09. The van der Waals surface area contributed by atoms with Crippen molar-refractivity contribution in [3.8, 4) is 5.75 Å². The zero-order valence-electron chi connectivity index (χ0n) is 12.4. The Morgan fingerprint density at radius 2 is 1.88 bits per heavy atom. The Labute approximate surface area is 148 Å². The molecule has 0 aliphatic rings. The van der Waals surface area contributed by atoms with Gasteiger partial charge in [0.25, 0.3) is 0 Å². The molecular formula is C17H13Cl2N3O2. The van der Waals surface area contributed by atoms with Crippen molar-refractivity contribution in [3.05, 3.63) is 69.5 Å². The predicted octanol–water partition coefficient (Wildman–Crippen LogP) is 4.71. The number of hydrogen-bond donors (Lipinski definition) is 1. The Balaban J connectivity index is 1.68. The first-order valence-corrected chi connectivity index (χ1v) is 7.80. The SMILES string of the molecule is Nc1nnc(/C=C/c2ccc(OCc3ccccc3Cl)c(Cl)c2)o1. The van der Waals surface area contributed by atoms with Gasteiger partial charge in [0.15, 0.2) is 0 Å². The fourth-order valence-electron chi connectivity index (χ4n) is 1.99. The molecule has 0 amide bonds. The molecule has 122 valence electrons. The number of nitrogen functional groups attached to an aromatic ring is 1. The monoisotopic (exact) mass is 361 g/mol. The van der Waals surface area contributed by atoms with Crippen LogP contribution in [0.5, 0.6) is 5.75 Å². The van der Waals surface area contributed by atoms with Crippen LogP contribution < -0.4 is 10.5 Å². The van der Waals surface area contributed by atoms with E-state index in [-0.39, 0.29) is 6.01 Å². The van der Waals surface area contributed by atoms with Crippen LogP contribution in [-0.2, 0) is 6.61 Å². The molecule has 0 fully saturated rings. The van der Waals surface area contributed by atoms with Crippen LogP contribution in [0.25, 0.3) is 12.2 Å². The zero-order chi connectivity index (χ0) is 16.9. The average Bonchev–Trinajstić information content (AvgIpc) is 2.99. The van der Waals surface area contributed by atoms with E-state index in [1.807, 2.05) is 30.3 Å². The molecule has 2 aromatic carbocycles. The van der Waals surface area contributed by atoms with Crippen molar-refractivity contribution in [1.29, 1.82) is 0 Å². The molecule has 0 bridgehead atoms. The van der Waals surface area contributed by atoms with Crippen molar-refractivity contribution in [3.63, 3.8) is 0 Å². The highest BCUT2D eigenvalue weighted by Gasteiger charge is 2.05. The summed E-state index contributed by atoms with van der Waals surface area (Å²) < 4.78 is 10.8. The highest BCUT2D eigenvalue weighted by molar-refractivity contribution is 6.32. The molecule has 0 aliphatic heterocycles. The van der Waals surface area contributed by atoms with Crippen LogP contribution in [0.3, 0.4) is 0 Å². The third kappa shape index (κ3) is 4.07. The van der Waals surface area contributed by atoms with Gasteiger partial charge in [-0.1, -0.05) is 52.6 Å². The normalized spacial score (nSPS) is 11.1. The quantitative estimate of drug-likeness (QED) is 0.712. The van der Waals surface area contributed by atoms with Gasteiger partial charge in [0, 0.05) is 16.7 Å². The van der Waals surface area contributed by atoms with Gasteiger partial charge in [-0.15, -0.1) is 5.10 Å². The van der Waals surface area contributed by atoms with E-state index >= 15 is 0 Å². The first kappa shape index (κ1) is 16.4. The number of nitrogens with zero attached hydrogens (tertiary/aromatic N) is 2. The van der Waals surface area contributed by atoms with Gasteiger partial charge in [-0.2, -0.15) is 0 Å². The molecule has 2 N–H and O–H groups in total. The Hall–Kier alpha value is -2.50. The number of rotatable bonds is 5. The van der Waals surface area contributed by atoms with Crippen LogP contribution in [0, 0.1) is 0 Å². The second kappa shape index (κ2) is 7.38. The lowest BCUT2D eigenvalue weighted by Crippen LogP contribution is -1.96. The summed E-state index contributed by atoms with van der Waals surface area (Å²) in [5.41, 5.74) is 7.12. The molecule has 0 aliphatic carbocycles. The number of ether oxygens (including phenoxy) is 1. The minimum atomic E-state index is 0.0241. The minimum Gasteiger partial charge on any atom is -0.487 e. The molecule has 0 saturated carbocycles. The van der Waals surface area contributed by atoms with Crippen LogP contribution in [0.2, 0.25) is 10.0 Å². The molecule has 0 atom stereocenters. The molecule has 3 aromatic rings. The summed E-state index contributed by atoms with van der Waals surface area (Å²) in [5.74, 6) is 0.901. The summed E-state index contributed by atoms with van der Waals surface area (Å²) in [6, 6.07) is 13.0. The van der Waals surface area contributed by atoms with E-state index in [0.717, 1.165) is 11.1 Å². The summed E-state index contributed by atoms with van der Waals surface area (Å²) in [5, 5.41) is 8.47. The van der Waals surface area contributed by atoms with Crippen molar-refractivity contribution in [2.24, 2.45) is 0 Å². The molecule has 1 heterocycles. The van der Waals surface area contributed by atoms with E-state index in [2.05, 4.69) is 10.2 Å². The molecule has 0 spiro atoms. The van der Waals surface area contributed by atoms with Crippen LogP contribution in [0.15, 0.2) is 46.9 Å². The predicted molar refractivity (Wildman–Crippen MR) is 94.9 cm³/mol.